The standard InChI is InChI=1S/C12H14N4O2/c1-9-13-14-10(2)16(15-9)12(17)18-8-11-6-4-3-5-7-11/h3-7,10H,8H2,1-2H3. The van der Waals surface area contributed by atoms with Crippen LogP contribution in [0.1, 0.15) is 19.4 Å². The van der Waals surface area contributed by atoms with Crippen molar-refractivity contribution in [2.75, 3.05) is 0 Å². The smallest absolute Gasteiger partial charge is 0.432 e. The number of carbonyl (C=O) groups is 1. The van der Waals surface area contributed by atoms with Gasteiger partial charge in [-0.25, -0.2) is 4.79 Å². The Morgan fingerprint density at radius 2 is 2.11 bits per heavy atom. The maximum Gasteiger partial charge on any atom is 0.432 e. The predicted molar refractivity (Wildman–Crippen MR) is 65.9 cm³/mol. The maximum absolute atomic E-state index is 11.8. The third kappa shape index (κ3) is 2.91. The second-order valence-electron chi connectivity index (χ2n) is 3.88. The van der Waals surface area contributed by atoms with E-state index in [0.717, 1.165) is 5.56 Å². The van der Waals surface area contributed by atoms with Crippen molar-refractivity contribution in [2.45, 2.75) is 26.6 Å². The molecule has 0 radical (unpaired) electrons. The molecule has 0 aromatic heterocycles. The predicted octanol–water partition coefficient (Wildman–Crippen LogP) is 2.77. The molecule has 1 aliphatic heterocycles. The van der Waals surface area contributed by atoms with Crippen LogP contribution in [-0.2, 0) is 11.3 Å². The molecule has 0 spiro atoms. The van der Waals surface area contributed by atoms with Crippen LogP contribution in [0.2, 0.25) is 0 Å². The molecule has 0 aliphatic carbocycles. The van der Waals surface area contributed by atoms with E-state index in [1.165, 1.54) is 5.01 Å². The summed E-state index contributed by atoms with van der Waals surface area (Å²) in [6.45, 7) is 3.62. The summed E-state index contributed by atoms with van der Waals surface area (Å²) >= 11 is 0. The molecule has 94 valence electrons. The van der Waals surface area contributed by atoms with Gasteiger partial charge < -0.3 is 4.74 Å². The summed E-state index contributed by atoms with van der Waals surface area (Å²) < 4.78 is 5.16. The van der Waals surface area contributed by atoms with E-state index in [9.17, 15) is 4.79 Å². The first-order chi connectivity index (χ1) is 8.66. The summed E-state index contributed by atoms with van der Waals surface area (Å²) in [5.41, 5.74) is 0.929. The number of carbonyl (C=O) groups excluding carboxylic acids is 1. The summed E-state index contributed by atoms with van der Waals surface area (Å²) in [5, 5.41) is 12.9. The minimum absolute atomic E-state index is 0.217. The quantitative estimate of drug-likeness (QED) is 0.805. The van der Waals surface area contributed by atoms with E-state index in [2.05, 4.69) is 15.3 Å². The van der Waals surface area contributed by atoms with E-state index in [1.54, 1.807) is 13.8 Å². The number of hydrogen-bond acceptors (Lipinski definition) is 5. The van der Waals surface area contributed by atoms with Gasteiger partial charge in [-0.1, -0.05) is 30.3 Å². The summed E-state index contributed by atoms with van der Waals surface area (Å²) in [6.07, 6.45) is -0.957. The van der Waals surface area contributed by atoms with Gasteiger partial charge in [-0.3, -0.25) is 0 Å². The van der Waals surface area contributed by atoms with Crippen LogP contribution >= 0.6 is 0 Å². The highest BCUT2D eigenvalue weighted by Gasteiger charge is 2.23. The zero-order valence-electron chi connectivity index (χ0n) is 10.3. The zero-order valence-corrected chi connectivity index (χ0v) is 10.3. The van der Waals surface area contributed by atoms with Crippen LogP contribution in [0.15, 0.2) is 45.7 Å². The van der Waals surface area contributed by atoms with Crippen molar-refractivity contribution in [2.24, 2.45) is 15.3 Å². The highest BCUT2D eigenvalue weighted by Crippen LogP contribution is 2.12. The van der Waals surface area contributed by atoms with Crippen molar-refractivity contribution in [1.82, 2.24) is 5.01 Å². The van der Waals surface area contributed by atoms with Crippen LogP contribution in [0.5, 0.6) is 0 Å². The lowest BCUT2D eigenvalue weighted by Gasteiger charge is -2.22. The van der Waals surface area contributed by atoms with E-state index in [4.69, 9.17) is 4.74 Å². The molecule has 18 heavy (non-hydrogen) atoms. The van der Waals surface area contributed by atoms with Gasteiger partial charge in [0.1, 0.15) is 6.61 Å². The van der Waals surface area contributed by atoms with Crippen LogP contribution in [-0.4, -0.2) is 23.1 Å². The molecule has 0 N–H and O–H groups in total. The van der Waals surface area contributed by atoms with Crippen molar-refractivity contribution < 1.29 is 9.53 Å². The number of amides is 1. The Morgan fingerprint density at radius 1 is 1.39 bits per heavy atom. The summed E-state index contributed by atoms with van der Waals surface area (Å²) in [4.78, 5) is 11.8. The molecule has 1 aliphatic rings. The third-order valence-corrected chi connectivity index (χ3v) is 2.37. The fourth-order valence-corrected chi connectivity index (χ4v) is 1.45. The Balaban J connectivity index is 1.94. The van der Waals surface area contributed by atoms with E-state index < -0.39 is 12.3 Å². The molecule has 0 fully saturated rings. The van der Waals surface area contributed by atoms with E-state index >= 15 is 0 Å². The van der Waals surface area contributed by atoms with Crippen LogP contribution in [0.25, 0.3) is 0 Å². The number of amidine groups is 1. The minimum atomic E-state index is -0.524. The molecule has 6 nitrogen and oxygen atoms in total. The van der Waals surface area contributed by atoms with E-state index in [-0.39, 0.29) is 6.61 Å². The molecule has 6 heteroatoms. The molecule has 1 atom stereocenters. The number of nitrogens with zero attached hydrogens (tertiary/aromatic N) is 4. The van der Waals surface area contributed by atoms with Crippen LogP contribution in [0.3, 0.4) is 0 Å². The Hall–Kier alpha value is -2.24. The summed E-state index contributed by atoms with van der Waals surface area (Å²) in [6, 6.07) is 9.47. The van der Waals surface area contributed by atoms with Gasteiger partial charge in [0.15, 0.2) is 12.0 Å². The van der Waals surface area contributed by atoms with Crippen molar-refractivity contribution in [1.29, 1.82) is 0 Å². The Kier molecular flexibility index (Phi) is 3.66. The fourth-order valence-electron chi connectivity index (χ4n) is 1.45. The molecule has 1 aromatic rings. The van der Waals surface area contributed by atoms with Crippen molar-refractivity contribution in [3.8, 4) is 0 Å². The Morgan fingerprint density at radius 3 is 2.83 bits per heavy atom. The topological polar surface area (TPSA) is 66.6 Å². The lowest BCUT2D eigenvalue weighted by Crippen LogP contribution is -2.35. The molecule has 2 rings (SSSR count). The first-order valence-electron chi connectivity index (χ1n) is 5.63. The van der Waals surface area contributed by atoms with Gasteiger partial charge >= 0.3 is 6.09 Å². The highest BCUT2D eigenvalue weighted by atomic mass is 16.6. The molecule has 1 heterocycles. The van der Waals surface area contributed by atoms with Gasteiger partial charge in [0.05, 0.1) is 0 Å². The van der Waals surface area contributed by atoms with Gasteiger partial charge in [0.2, 0.25) is 0 Å². The summed E-state index contributed by atoms with van der Waals surface area (Å²) in [7, 11) is 0. The highest BCUT2D eigenvalue weighted by molar-refractivity contribution is 5.82. The number of hydrazone groups is 1. The van der Waals surface area contributed by atoms with Crippen molar-refractivity contribution >= 4 is 11.9 Å². The Bertz CT molecular complexity index is 484. The largest absolute Gasteiger partial charge is 0.443 e. The molecule has 0 bridgehead atoms. The zero-order chi connectivity index (χ0) is 13.0. The normalized spacial score (nSPS) is 18.4. The lowest BCUT2D eigenvalue weighted by molar-refractivity contribution is 0.0830. The molecule has 0 saturated carbocycles. The maximum atomic E-state index is 11.8. The van der Waals surface area contributed by atoms with Crippen molar-refractivity contribution in [3.63, 3.8) is 0 Å². The molecule has 0 saturated heterocycles. The van der Waals surface area contributed by atoms with Gasteiger partial charge in [0, 0.05) is 0 Å². The Labute approximate surface area is 105 Å². The van der Waals surface area contributed by atoms with Crippen LogP contribution in [0, 0.1) is 0 Å². The molecule has 1 unspecified atom stereocenters. The van der Waals surface area contributed by atoms with E-state index in [1.807, 2.05) is 30.3 Å². The fraction of sp³-hybridized carbons (Fsp3) is 0.333. The second-order valence-corrected chi connectivity index (χ2v) is 3.88. The molecule has 1 amide bonds. The average molecular weight is 246 g/mol. The van der Waals surface area contributed by atoms with Crippen LogP contribution < -0.4 is 0 Å². The molecule has 1 aromatic carbocycles. The van der Waals surface area contributed by atoms with Gasteiger partial charge in [-0.15, -0.1) is 10.2 Å². The monoisotopic (exact) mass is 246 g/mol. The van der Waals surface area contributed by atoms with Gasteiger partial charge in [0.25, 0.3) is 0 Å². The second kappa shape index (κ2) is 5.39. The summed E-state index contributed by atoms with van der Waals surface area (Å²) in [5.74, 6) is 0.435. The number of hydrogen-bond donors (Lipinski definition) is 0. The molecular formula is C12H14N4O2. The SMILES string of the molecule is CC1=NN(C(=O)OCc2ccccc2)C(C)N=N1. The first kappa shape index (κ1) is 12.2. The molecular weight excluding hydrogens is 232 g/mol. The lowest BCUT2D eigenvalue weighted by atomic mass is 10.2. The van der Waals surface area contributed by atoms with Crippen LogP contribution in [0.4, 0.5) is 4.79 Å². The van der Waals surface area contributed by atoms with Crippen molar-refractivity contribution in [3.05, 3.63) is 35.9 Å². The first-order valence-corrected chi connectivity index (χ1v) is 5.63. The average Bonchev–Trinajstić information content (AvgIpc) is 2.40. The van der Waals surface area contributed by atoms with Gasteiger partial charge in [-0.05, 0) is 19.4 Å². The minimum Gasteiger partial charge on any atom is -0.443 e. The van der Waals surface area contributed by atoms with E-state index in [0.29, 0.717) is 5.84 Å². The third-order valence-electron chi connectivity index (χ3n) is 2.37. The number of rotatable bonds is 2. The number of ether oxygens (including phenoxy) is 1. The number of benzene rings is 1. The van der Waals surface area contributed by atoms with Gasteiger partial charge in [-0.2, -0.15) is 10.1 Å². The number of azo groups is 1.